The first-order valence-electron chi connectivity index (χ1n) is 9.21. The van der Waals surface area contributed by atoms with Crippen LogP contribution < -0.4 is 16.4 Å². The molecule has 0 radical (unpaired) electrons. The summed E-state index contributed by atoms with van der Waals surface area (Å²) in [6.07, 6.45) is 0.147. The van der Waals surface area contributed by atoms with E-state index in [-0.39, 0.29) is 5.75 Å². The first-order valence-corrected chi connectivity index (χ1v) is 9.85. The normalized spacial score (nSPS) is 19.3. The van der Waals surface area contributed by atoms with Gasteiger partial charge in [-0.1, -0.05) is 13.8 Å². The molecule has 6 N–H and O–H groups in total. The zero-order valence-corrected chi connectivity index (χ0v) is 17.2. The lowest BCUT2D eigenvalue weighted by molar-refractivity contribution is -0.145. The summed E-state index contributed by atoms with van der Waals surface area (Å²) in [6, 6.07) is -4.50. The minimum Gasteiger partial charge on any atom is -0.481 e. The van der Waals surface area contributed by atoms with Crippen LogP contribution >= 0.6 is 12.6 Å². The van der Waals surface area contributed by atoms with Crippen molar-refractivity contribution in [1.29, 1.82) is 0 Å². The molecule has 1 fully saturated rings. The van der Waals surface area contributed by atoms with E-state index in [1.165, 1.54) is 4.90 Å². The number of likely N-dealkylation sites (tertiary alicyclic amines) is 1. The van der Waals surface area contributed by atoms with E-state index in [2.05, 4.69) is 23.3 Å². The van der Waals surface area contributed by atoms with Crippen molar-refractivity contribution in [3.05, 3.63) is 0 Å². The van der Waals surface area contributed by atoms with Gasteiger partial charge >= 0.3 is 11.9 Å². The van der Waals surface area contributed by atoms with Gasteiger partial charge in [0.25, 0.3) is 0 Å². The van der Waals surface area contributed by atoms with Crippen molar-refractivity contribution in [2.24, 2.45) is 11.7 Å². The summed E-state index contributed by atoms with van der Waals surface area (Å²) in [6.45, 7) is 3.47. The number of carboxylic acids is 2. The van der Waals surface area contributed by atoms with Crippen LogP contribution in [0.1, 0.15) is 33.1 Å². The second-order valence-electron chi connectivity index (χ2n) is 7.21. The van der Waals surface area contributed by atoms with Crippen LogP contribution in [0.25, 0.3) is 0 Å². The molecular weight excluding hydrogens is 404 g/mol. The van der Waals surface area contributed by atoms with Crippen LogP contribution in [0.4, 0.5) is 0 Å². The van der Waals surface area contributed by atoms with E-state index in [0.29, 0.717) is 19.4 Å². The SMILES string of the molecule is CC(C)C(NC(=O)C(CC(=O)O)NC(=O)C1CCCN1C(=O)C(N)CS)C(=O)O. The molecule has 1 rings (SSSR count). The number of hydrogen-bond acceptors (Lipinski definition) is 7. The predicted molar refractivity (Wildman–Crippen MR) is 105 cm³/mol. The molecule has 1 aliphatic rings. The fourth-order valence-electron chi connectivity index (χ4n) is 3.01. The average molecular weight is 432 g/mol. The standard InChI is InChI=1S/C17H28N4O7S/c1-8(2)13(17(27)28)20-14(24)10(6-12(22)23)19-15(25)11-4-3-5-21(11)16(26)9(18)7-29/h8-11,13,29H,3-7,18H2,1-2H3,(H,19,25)(H,20,24)(H,22,23)(H,27,28). The Bertz CT molecular complexity index is 658. The van der Waals surface area contributed by atoms with Crippen molar-refractivity contribution in [1.82, 2.24) is 15.5 Å². The maximum Gasteiger partial charge on any atom is 0.326 e. The van der Waals surface area contributed by atoms with Gasteiger partial charge in [-0.25, -0.2) is 4.79 Å². The van der Waals surface area contributed by atoms with Crippen LogP contribution in [-0.4, -0.2) is 81.2 Å². The molecule has 0 bridgehead atoms. The van der Waals surface area contributed by atoms with Crippen molar-refractivity contribution in [3.63, 3.8) is 0 Å². The van der Waals surface area contributed by atoms with Gasteiger partial charge in [0.15, 0.2) is 0 Å². The van der Waals surface area contributed by atoms with Crippen LogP contribution in [0.3, 0.4) is 0 Å². The lowest BCUT2D eigenvalue weighted by Gasteiger charge is -2.28. The van der Waals surface area contributed by atoms with Crippen molar-refractivity contribution in [3.8, 4) is 0 Å². The van der Waals surface area contributed by atoms with Crippen LogP contribution in [0, 0.1) is 5.92 Å². The van der Waals surface area contributed by atoms with Crippen LogP contribution in [-0.2, 0) is 24.0 Å². The molecule has 0 aromatic carbocycles. The van der Waals surface area contributed by atoms with E-state index in [1.54, 1.807) is 13.8 Å². The highest BCUT2D eigenvalue weighted by Gasteiger charge is 2.38. The number of carbonyl (C=O) groups is 5. The number of rotatable bonds is 10. The Morgan fingerprint density at radius 2 is 1.79 bits per heavy atom. The summed E-state index contributed by atoms with van der Waals surface area (Å²) in [4.78, 5) is 61.1. The predicted octanol–water partition coefficient (Wildman–Crippen LogP) is -1.58. The number of hydrogen-bond donors (Lipinski definition) is 6. The molecule has 0 spiro atoms. The average Bonchev–Trinajstić information content (AvgIpc) is 3.12. The Labute approximate surface area is 173 Å². The minimum absolute atomic E-state index is 0.0967. The highest BCUT2D eigenvalue weighted by Crippen LogP contribution is 2.19. The number of carboxylic acid groups (broad SMARTS) is 2. The maximum atomic E-state index is 12.7. The quantitative estimate of drug-likeness (QED) is 0.224. The van der Waals surface area contributed by atoms with Gasteiger partial charge in [-0.05, 0) is 18.8 Å². The third-order valence-electron chi connectivity index (χ3n) is 4.59. The lowest BCUT2D eigenvalue weighted by atomic mass is 10.0. The molecule has 0 aromatic rings. The third-order valence-corrected chi connectivity index (χ3v) is 4.99. The highest BCUT2D eigenvalue weighted by molar-refractivity contribution is 7.80. The number of carbonyl (C=O) groups excluding carboxylic acids is 3. The van der Waals surface area contributed by atoms with Gasteiger partial charge in [0.1, 0.15) is 18.1 Å². The van der Waals surface area contributed by atoms with Crippen LogP contribution in [0.15, 0.2) is 0 Å². The molecule has 11 nitrogen and oxygen atoms in total. The number of nitrogens with zero attached hydrogens (tertiary/aromatic N) is 1. The maximum absolute atomic E-state index is 12.7. The second kappa shape index (κ2) is 11.0. The van der Waals surface area contributed by atoms with E-state index in [0.717, 1.165) is 0 Å². The fourth-order valence-corrected chi connectivity index (χ4v) is 3.17. The molecular formula is C17H28N4O7S. The lowest BCUT2D eigenvalue weighted by Crippen LogP contribution is -2.57. The molecule has 4 atom stereocenters. The van der Waals surface area contributed by atoms with E-state index < -0.39 is 66.2 Å². The zero-order chi connectivity index (χ0) is 22.3. The number of thiol groups is 1. The highest BCUT2D eigenvalue weighted by atomic mass is 32.1. The smallest absolute Gasteiger partial charge is 0.326 e. The van der Waals surface area contributed by atoms with Crippen molar-refractivity contribution in [2.75, 3.05) is 12.3 Å². The monoisotopic (exact) mass is 432 g/mol. The van der Waals surface area contributed by atoms with Crippen molar-refractivity contribution < 1.29 is 34.2 Å². The van der Waals surface area contributed by atoms with Gasteiger partial charge in [-0.3, -0.25) is 19.2 Å². The summed E-state index contributed by atoms with van der Waals surface area (Å²) < 4.78 is 0. The van der Waals surface area contributed by atoms with E-state index >= 15 is 0 Å². The molecule has 0 saturated carbocycles. The van der Waals surface area contributed by atoms with Crippen molar-refractivity contribution in [2.45, 2.75) is 57.3 Å². The summed E-state index contributed by atoms with van der Waals surface area (Å²) in [5, 5.41) is 22.9. The molecule has 0 aliphatic carbocycles. The van der Waals surface area contributed by atoms with Gasteiger partial charge in [0.2, 0.25) is 17.7 Å². The molecule has 3 amide bonds. The van der Waals surface area contributed by atoms with E-state index in [1.807, 2.05) is 0 Å². The zero-order valence-electron chi connectivity index (χ0n) is 16.3. The second-order valence-corrected chi connectivity index (χ2v) is 7.57. The molecule has 12 heteroatoms. The summed E-state index contributed by atoms with van der Waals surface area (Å²) in [5.41, 5.74) is 5.69. The van der Waals surface area contributed by atoms with Crippen LogP contribution in [0.2, 0.25) is 0 Å². The number of amides is 3. The Balaban J connectivity index is 2.92. The summed E-state index contributed by atoms with van der Waals surface area (Å²) in [7, 11) is 0. The Morgan fingerprint density at radius 1 is 1.17 bits per heavy atom. The molecule has 0 aromatic heterocycles. The van der Waals surface area contributed by atoms with E-state index in [9.17, 15) is 29.1 Å². The molecule has 4 unspecified atom stereocenters. The topological polar surface area (TPSA) is 179 Å². The van der Waals surface area contributed by atoms with Gasteiger partial charge in [-0.2, -0.15) is 12.6 Å². The van der Waals surface area contributed by atoms with Gasteiger partial charge in [0, 0.05) is 12.3 Å². The summed E-state index contributed by atoms with van der Waals surface area (Å²) >= 11 is 3.97. The molecule has 164 valence electrons. The first kappa shape index (κ1) is 24.7. The molecule has 1 aliphatic heterocycles. The third kappa shape index (κ3) is 6.89. The summed E-state index contributed by atoms with van der Waals surface area (Å²) in [5.74, 6) is -5.06. The largest absolute Gasteiger partial charge is 0.481 e. The Kier molecular flexibility index (Phi) is 9.37. The number of aliphatic carboxylic acids is 2. The first-order chi connectivity index (χ1) is 13.5. The Hall–Kier alpha value is -2.34. The number of nitrogens with one attached hydrogen (secondary N) is 2. The fraction of sp³-hybridized carbons (Fsp3) is 0.706. The molecule has 1 saturated heterocycles. The van der Waals surface area contributed by atoms with E-state index in [4.69, 9.17) is 10.8 Å². The van der Waals surface area contributed by atoms with Gasteiger partial charge in [0.05, 0.1) is 12.5 Å². The van der Waals surface area contributed by atoms with Gasteiger partial charge in [-0.15, -0.1) is 0 Å². The van der Waals surface area contributed by atoms with Crippen molar-refractivity contribution >= 4 is 42.3 Å². The molecule has 1 heterocycles. The number of nitrogens with two attached hydrogens (primary N) is 1. The van der Waals surface area contributed by atoms with Gasteiger partial charge < -0.3 is 31.5 Å². The van der Waals surface area contributed by atoms with Crippen LogP contribution in [0.5, 0.6) is 0 Å². The Morgan fingerprint density at radius 3 is 2.28 bits per heavy atom. The minimum atomic E-state index is -1.49. The molecule has 29 heavy (non-hydrogen) atoms.